The predicted molar refractivity (Wildman–Crippen MR) is 65.1 cm³/mol. The summed E-state index contributed by atoms with van der Waals surface area (Å²) in [5, 5.41) is 11.8. The molecule has 102 valence electrons. The Morgan fingerprint density at radius 1 is 1.33 bits per heavy atom. The molecule has 2 saturated heterocycles. The highest BCUT2D eigenvalue weighted by molar-refractivity contribution is 5.78. The number of carbonyl (C=O) groups excluding carboxylic acids is 1. The molecule has 2 rings (SSSR count). The van der Waals surface area contributed by atoms with Gasteiger partial charge in [0, 0.05) is 6.42 Å². The van der Waals surface area contributed by atoms with Crippen molar-refractivity contribution in [2.24, 2.45) is 5.41 Å². The fourth-order valence-corrected chi connectivity index (χ4v) is 2.95. The van der Waals surface area contributed by atoms with Crippen molar-refractivity contribution < 1.29 is 19.4 Å². The lowest BCUT2D eigenvalue weighted by Gasteiger charge is -2.25. The number of aliphatic carboxylic acids is 1. The van der Waals surface area contributed by atoms with Crippen LogP contribution in [0.25, 0.3) is 0 Å². The molecule has 2 heterocycles. The van der Waals surface area contributed by atoms with E-state index in [0.29, 0.717) is 6.10 Å². The monoisotopic (exact) mass is 255 g/mol. The van der Waals surface area contributed by atoms with Crippen LogP contribution < -0.4 is 5.32 Å². The summed E-state index contributed by atoms with van der Waals surface area (Å²) in [6.45, 7) is 3.61. The number of hydrogen-bond acceptors (Lipinski definition) is 3. The Hall–Kier alpha value is -1.10. The highest BCUT2D eigenvalue weighted by Crippen LogP contribution is 2.34. The van der Waals surface area contributed by atoms with Gasteiger partial charge in [0.2, 0.25) is 5.91 Å². The van der Waals surface area contributed by atoms with Crippen molar-refractivity contribution in [1.82, 2.24) is 5.32 Å². The zero-order valence-corrected chi connectivity index (χ0v) is 10.9. The second-order valence-electron chi connectivity index (χ2n) is 6.20. The van der Waals surface area contributed by atoms with E-state index < -0.39 is 11.4 Å². The minimum atomic E-state index is -0.865. The number of nitrogens with one attached hydrogen (secondary N) is 1. The van der Waals surface area contributed by atoms with Crippen LogP contribution in [-0.2, 0) is 14.3 Å². The molecule has 2 aliphatic heterocycles. The maximum atomic E-state index is 11.9. The van der Waals surface area contributed by atoms with E-state index in [9.17, 15) is 9.59 Å². The second kappa shape index (κ2) is 4.88. The molecule has 0 radical (unpaired) electrons. The molecular weight excluding hydrogens is 234 g/mol. The molecule has 2 N–H and O–H groups in total. The third kappa shape index (κ3) is 3.22. The molecule has 0 aromatic carbocycles. The number of amides is 1. The zero-order chi connectivity index (χ0) is 13.3. The van der Waals surface area contributed by atoms with Gasteiger partial charge < -0.3 is 15.2 Å². The van der Waals surface area contributed by atoms with Crippen molar-refractivity contribution in [1.29, 1.82) is 0 Å². The predicted octanol–water partition coefficient (Wildman–Crippen LogP) is 1.31. The average Bonchev–Trinajstić information content (AvgIpc) is 2.74. The Balaban J connectivity index is 1.80. The largest absolute Gasteiger partial charge is 0.481 e. The molecule has 2 bridgehead atoms. The summed E-state index contributed by atoms with van der Waals surface area (Å²) < 4.78 is 5.67. The van der Waals surface area contributed by atoms with E-state index in [4.69, 9.17) is 9.84 Å². The van der Waals surface area contributed by atoms with Crippen LogP contribution in [0.1, 0.15) is 46.0 Å². The smallest absolute Gasteiger partial charge is 0.303 e. The number of hydrogen-bond donors (Lipinski definition) is 2. The summed E-state index contributed by atoms with van der Waals surface area (Å²) in [6.07, 6.45) is 3.75. The highest BCUT2D eigenvalue weighted by atomic mass is 16.5. The SMILES string of the molecule is CC(C)(CC(=O)O)CC(=O)NC1CC2CCC1O2. The molecule has 2 fully saturated rings. The molecule has 0 aromatic heterocycles. The Kier molecular flexibility index (Phi) is 3.61. The van der Waals surface area contributed by atoms with Gasteiger partial charge in [-0.05, 0) is 24.7 Å². The van der Waals surface area contributed by atoms with Gasteiger partial charge in [-0.25, -0.2) is 0 Å². The van der Waals surface area contributed by atoms with Crippen LogP contribution in [0.4, 0.5) is 0 Å². The van der Waals surface area contributed by atoms with Gasteiger partial charge in [-0.3, -0.25) is 9.59 Å². The van der Waals surface area contributed by atoms with Crippen LogP contribution in [0.3, 0.4) is 0 Å². The van der Waals surface area contributed by atoms with E-state index in [1.54, 1.807) is 13.8 Å². The van der Waals surface area contributed by atoms with Crippen LogP contribution >= 0.6 is 0 Å². The minimum Gasteiger partial charge on any atom is -0.481 e. The fraction of sp³-hybridized carbons (Fsp3) is 0.846. The van der Waals surface area contributed by atoms with E-state index in [1.165, 1.54) is 0 Å². The molecule has 1 amide bonds. The lowest BCUT2D eigenvalue weighted by Crippen LogP contribution is -2.42. The molecule has 2 aliphatic rings. The fourth-order valence-electron chi connectivity index (χ4n) is 2.95. The molecule has 3 unspecified atom stereocenters. The van der Waals surface area contributed by atoms with Crippen LogP contribution in [0.2, 0.25) is 0 Å². The molecule has 3 atom stereocenters. The molecule has 0 aliphatic carbocycles. The first-order chi connectivity index (χ1) is 8.35. The summed E-state index contributed by atoms with van der Waals surface area (Å²) in [6, 6.07) is 0.122. The number of carboxylic acids is 1. The number of rotatable bonds is 5. The van der Waals surface area contributed by atoms with Crippen molar-refractivity contribution in [3.63, 3.8) is 0 Å². The zero-order valence-electron chi connectivity index (χ0n) is 10.9. The van der Waals surface area contributed by atoms with Crippen LogP contribution in [0, 0.1) is 5.41 Å². The van der Waals surface area contributed by atoms with Gasteiger partial charge in [-0.1, -0.05) is 13.8 Å². The van der Waals surface area contributed by atoms with E-state index in [2.05, 4.69) is 5.32 Å². The number of carboxylic acid groups (broad SMARTS) is 1. The summed E-state index contributed by atoms with van der Waals surface area (Å²) >= 11 is 0. The van der Waals surface area contributed by atoms with Gasteiger partial charge in [0.1, 0.15) is 0 Å². The van der Waals surface area contributed by atoms with Crippen molar-refractivity contribution in [2.45, 2.75) is 64.2 Å². The lowest BCUT2D eigenvalue weighted by molar-refractivity contribution is -0.139. The maximum Gasteiger partial charge on any atom is 0.303 e. The Morgan fingerprint density at radius 2 is 2.06 bits per heavy atom. The second-order valence-corrected chi connectivity index (χ2v) is 6.20. The Morgan fingerprint density at radius 3 is 2.56 bits per heavy atom. The van der Waals surface area contributed by atoms with Gasteiger partial charge in [0.15, 0.2) is 0 Å². The maximum absolute atomic E-state index is 11.9. The minimum absolute atomic E-state index is 0.00758. The van der Waals surface area contributed by atoms with Gasteiger partial charge in [0.25, 0.3) is 0 Å². The molecular formula is C13H21NO4. The average molecular weight is 255 g/mol. The van der Waals surface area contributed by atoms with Gasteiger partial charge >= 0.3 is 5.97 Å². The summed E-state index contributed by atoms with van der Waals surface area (Å²) in [5.41, 5.74) is -0.506. The first kappa shape index (κ1) is 13.3. The molecule has 5 nitrogen and oxygen atoms in total. The number of fused-ring (bicyclic) bond motifs is 2. The van der Waals surface area contributed by atoms with Gasteiger partial charge in [-0.15, -0.1) is 0 Å². The molecule has 18 heavy (non-hydrogen) atoms. The molecule has 5 heteroatoms. The van der Waals surface area contributed by atoms with Crippen LogP contribution in [0.5, 0.6) is 0 Å². The number of carbonyl (C=O) groups is 2. The van der Waals surface area contributed by atoms with E-state index >= 15 is 0 Å². The van der Waals surface area contributed by atoms with E-state index in [0.717, 1.165) is 19.3 Å². The van der Waals surface area contributed by atoms with Crippen molar-refractivity contribution in [3.8, 4) is 0 Å². The highest BCUT2D eigenvalue weighted by Gasteiger charge is 2.41. The van der Waals surface area contributed by atoms with Gasteiger partial charge in [-0.2, -0.15) is 0 Å². The molecule has 0 spiro atoms. The van der Waals surface area contributed by atoms with E-state index in [-0.39, 0.29) is 30.9 Å². The third-order valence-corrected chi connectivity index (χ3v) is 3.72. The molecule has 0 aromatic rings. The van der Waals surface area contributed by atoms with Crippen molar-refractivity contribution in [2.75, 3.05) is 0 Å². The Bertz CT molecular complexity index is 353. The van der Waals surface area contributed by atoms with Crippen molar-refractivity contribution >= 4 is 11.9 Å². The standard InChI is InChI=1S/C13H21NO4/c1-13(2,7-12(16)17)6-11(15)14-9-5-8-3-4-10(9)18-8/h8-10H,3-7H2,1-2H3,(H,14,15)(H,16,17). The molecule has 0 saturated carbocycles. The van der Waals surface area contributed by atoms with Crippen molar-refractivity contribution in [3.05, 3.63) is 0 Å². The van der Waals surface area contributed by atoms with Gasteiger partial charge in [0.05, 0.1) is 24.7 Å². The normalized spacial score (nSPS) is 30.4. The topological polar surface area (TPSA) is 75.6 Å². The summed E-state index contributed by atoms with van der Waals surface area (Å²) in [7, 11) is 0. The Labute approximate surface area is 107 Å². The lowest BCUT2D eigenvalue weighted by atomic mass is 9.85. The first-order valence-electron chi connectivity index (χ1n) is 6.52. The summed E-state index contributed by atoms with van der Waals surface area (Å²) in [4.78, 5) is 22.6. The first-order valence-corrected chi connectivity index (χ1v) is 6.52. The van der Waals surface area contributed by atoms with Crippen LogP contribution in [-0.4, -0.2) is 35.2 Å². The summed E-state index contributed by atoms with van der Waals surface area (Å²) in [5.74, 6) is -0.932. The number of ether oxygens (including phenoxy) is 1. The third-order valence-electron chi connectivity index (χ3n) is 3.72. The van der Waals surface area contributed by atoms with E-state index in [1.807, 2.05) is 0 Å². The quantitative estimate of drug-likeness (QED) is 0.776. The van der Waals surface area contributed by atoms with Crippen LogP contribution in [0.15, 0.2) is 0 Å².